The van der Waals surface area contributed by atoms with E-state index in [0.29, 0.717) is 6.54 Å². The van der Waals surface area contributed by atoms with Crippen LogP contribution in [-0.4, -0.2) is 12.6 Å². The van der Waals surface area contributed by atoms with Crippen molar-refractivity contribution in [3.63, 3.8) is 0 Å². The molecule has 0 aliphatic heterocycles. The molecule has 46 valence electrons. The molecule has 0 radical (unpaired) electrons. The molecule has 8 heavy (non-hydrogen) atoms. The van der Waals surface area contributed by atoms with Gasteiger partial charge in [-0.15, -0.1) is 6.58 Å². The number of hydrogen-bond donors (Lipinski definition) is 2. The third kappa shape index (κ3) is 3.55. The summed E-state index contributed by atoms with van der Waals surface area (Å²) in [6.45, 7) is 3.77. The Morgan fingerprint density at radius 3 is 3.00 bits per heavy atom. The minimum atomic E-state index is -0.562. The number of nitrogens with one attached hydrogen (secondary N) is 1. The van der Waals surface area contributed by atoms with E-state index in [4.69, 9.17) is 0 Å². The van der Waals surface area contributed by atoms with E-state index in [1.165, 1.54) is 0 Å². The lowest BCUT2D eigenvalue weighted by Gasteiger charge is -1.94. The fraction of sp³-hybridized carbons (Fsp3) is 0.250. The highest BCUT2D eigenvalue weighted by Gasteiger charge is 1.91. The van der Waals surface area contributed by atoms with E-state index in [-0.39, 0.29) is 0 Å². The predicted molar refractivity (Wildman–Crippen MR) is 33.7 cm³/mol. The SMILES string of the molecule is C=CCNC(=O)OS. The average Bonchev–Trinajstić information content (AvgIpc) is 1.83. The van der Waals surface area contributed by atoms with E-state index in [2.05, 4.69) is 29.0 Å². The quantitative estimate of drug-likeness (QED) is 0.331. The van der Waals surface area contributed by atoms with Gasteiger partial charge in [0.05, 0.1) is 0 Å². The van der Waals surface area contributed by atoms with Gasteiger partial charge >= 0.3 is 6.09 Å². The maximum absolute atomic E-state index is 10.1. The summed E-state index contributed by atoms with van der Waals surface area (Å²) < 4.78 is 3.95. The maximum Gasteiger partial charge on any atom is 0.419 e. The largest absolute Gasteiger partial charge is 0.419 e. The van der Waals surface area contributed by atoms with E-state index in [1.807, 2.05) is 0 Å². The van der Waals surface area contributed by atoms with Gasteiger partial charge in [-0.1, -0.05) is 6.08 Å². The lowest BCUT2D eigenvalue weighted by atomic mass is 10.6. The van der Waals surface area contributed by atoms with Crippen LogP contribution in [0.3, 0.4) is 0 Å². The molecule has 3 nitrogen and oxygen atoms in total. The van der Waals surface area contributed by atoms with E-state index in [0.717, 1.165) is 0 Å². The van der Waals surface area contributed by atoms with Gasteiger partial charge in [-0.3, -0.25) is 0 Å². The molecule has 0 saturated carbocycles. The summed E-state index contributed by atoms with van der Waals surface area (Å²) in [6, 6.07) is 0. The predicted octanol–water partition coefficient (Wildman–Crippen LogP) is 0.743. The average molecular weight is 133 g/mol. The zero-order valence-corrected chi connectivity index (χ0v) is 5.15. The molecule has 0 heterocycles. The van der Waals surface area contributed by atoms with Gasteiger partial charge in [0.2, 0.25) is 0 Å². The minimum Gasteiger partial charge on any atom is -0.378 e. The summed E-state index contributed by atoms with van der Waals surface area (Å²) in [4.78, 5) is 10.1. The van der Waals surface area contributed by atoms with Crippen LogP contribution in [0.4, 0.5) is 4.79 Å². The van der Waals surface area contributed by atoms with Crippen LogP contribution in [0.15, 0.2) is 12.7 Å². The first-order valence-corrected chi connectivity index (χ1v) is 2.38. The highest BCUT2D eigenvalue weighted by Crippen LogP contribution is 1.77. The Balaban J connectivity index is 3.11. The van der Waals surface area contributed by atoms with Crippen LogP contribution in [0.2, 0.25) is 0 Å². The first kappa shape index (κ1) is 7.36. The molecule has 0 aliphatic carbocycles. The lowest BCUT2D eigenvalue weighted by Crippen LogP contribution is -2.21. The third-order valence-electron chi connectivity index (χ3n) is 0.474. The van der Waals surface area contributed by atoms with Gasteiger partial charge in [0.25, 0.3) is 0 Å². The summed E-state index contributed by atoms with van der Waals surface area (Å²) in [7, 11) is 0. The van der Waals surface area contributed by atoms with Crippen LogP contribution in [0.5, 0.6) is 0 Å². The highest BCUT2D eigenvalue weighted by atomic mass is 32.1. The topological polar surface area (TPSA) is 38.3 Å². The number of rotatable bonds is 2. The zero-order chi connectivity index (χ0) is 6.41. The Kier molecular flexibility index (Phi) is 4.16. The summed E-state index contributed by atoms with van der Waals surface area (Å²) in [5.74, 6) is 0. The first-order valence-electron chi connectivity index (χ1n) is 2.01. The number of thiol groups is 1. The molecule has 0 saturated heterocycles. The second-order valence-electron chi connectivity index (χ2n) is 1.05. The molecule has 0 bridgehead atoms. The number of hydrogen-bond acceptors (Lipinski definition) is 3. The van der Waals surface area contributed by atoms with Crippen LogP contribution >= 0.6 is 12.9 Å². The van der Waals surface area contributed by atoms with Crippen molar-refractivity contribution >= 4 is 19.0 Å². The lowest BCUT2D eigenvalue weighted by molar-refractivity contribution is 0.210. The van der Waals surface area contributed by atoms with Crippen molar-refractivity contribution in [2.24, 2.45) is 0 Å². The molecule has 0 aromatic rings. The van der Waals surface area contributed by atoms with Crippen LogP contribution in [0, 0.1) is 0 Å². The number of amides is 1. The van der Waals surface area contributed by atoms with Crippen molar-refractivity contribution < 1.29 is 8.98 Å². The molecule has 0 fully saturated rings. The minimum absolute atomic E-state index is 0.402. The summed E-state index contributed by atoms with van der Waals surface area (Å²) in [5.41, 5.74) is 0. The van der Waals surface area contributed by atoms with E-state index < -0.39 is 6.09 Å². The molecule has 1 amide bonds. The third-order valence-corrected chi connectivity index (χ3v) is 0.639. The molecule has 0 spiro atoms. The van der Waals surface area contributed by atoms with Crippen LogP contribution in [0.1, 0.15) is 0 Å². The molecule has 0 aromatic carbocycles. The molecule has 1 N–H and O–H groups in total. The molecular formula is C4H7NO2S. The Bertz CT molecular complexity index is 94.0. The fourth-order valence-corrected chi connectivity index (χ4v) is 0.252. The van der Waals surface area contributed by atoms with Crippen LogP contribution in [-0.2, 0) is 4.18 Å². The van der Waals surface area contributed by atoms with Crippen molar-refractivity contribution in [1.29, 1.82) is 0 Å². The summed E-state index contributed by atoms with van der Waals surface area (Å²) >= 11 is 3.24. The van der Waals surface area contributed by atoms with Crippen molar-refractivity contribution in [3.05, 3.63) is 12.7 Å². The molecule has 0 unspecified atom stereocenters. The second-order valence-corrected chi connectivity index (χ2v) is 1.23. The monoisotopic (exact) mass is 133 g/mol. The normalized spacial score (nSPS) is 7.62. The van der Waals surface area contributed by atoms with E-state index in [9.17, 15) is 4.79 Å². The smallest absolute Gasteiger partial charge is 0.378 e. The Hall–Kier alpha value is -0.640. The summed E-state index contributed by atoms with van der Waals surface area (Å²) in [6.07, 6.45) is 0.985. The van der Waals surface area contributed by atoms with Gasteiger partial charge in [0.1, 0.15) is 0 Å². The fourth-order valence-electron chi connectivity index (χ4n) is 0.188. The van der Waals surface area contributed by atoms with Gasteiger partial charge in [-0.25, -0.2) is 4.79 Å². The molecule has 0 rings (SSSR count). The van der Waals surface area contributed by atoms with E-state index >= 15 is 0 Å². The molecular weight excluding hydrogens is 126 g/mol. The van der Waals surface area contributed by atoms with Crippen molar-refractivity contribution in [1.82, 2.24) is 5.32 Å². The molecule has 0 aliphatic rings. The maximum atomic E-state index is 10.1. The Labute approximate surface area is 53.3 Å². The van der Waals surface area contributed by atoms with Crippen molar-refractivity contribution in [3.8, 4) is 0 Å². The van der Waals surface area contributed by atoms with Crippen molar-refractivity contribution in [2.45, 2.75) is 0 Å². The van der Waals surface area contributed by atoms with Crippen LogP contribution < -0.4 is 5.32 Å². The van der Waals surface area contributed by atoms with E-state index in [1.54, 1.807) is 6.08 Å². The number of carbonyl (C=O) groups is 1. The molecule has 4 heteroatoms. The van der Waals surface area contributed by atoms with Crippen LogP contribution in [0.25, 0.3) is 0 Å². The van der Waals surface area contributed by atoms with Crippen molar-refractivity contribution in [2.75, 3.05) is 6.54 Å². The standard InChI is InChI=1S/C4H7NO2S/c1-2-3-5-4(6)7-8/h2,8H,1,3H2,(H,5,6). The molecule has 0 atom stereocenters. The van der Waals surface area contributed by atoms with Gasteiger partial charge in [-0.05, 0) is 0 Å². The molecule has 0 aromatic heterocycles. The number of carbonyl (C=O) groups excluding carboxylic acids is 1. The van der Waals surface area contributed by atoms with Gasteiger partial charge in [0.15, 0.2) is 0 Å². The van der Waals surface area contributed by atoms with Gasteiger partial charge < -0.3 is 9.50 Å². The summed E-state index contributed by atoms with van der Waals surface area (Å²) in [5, 5.41) is 2.33. The zero-order valence-electron chi connectivity index (χ0n) is 4.26. The Morgan fingerprint density at radius 2 is 2.62 bits per heavy atom. The van der Waals surface area contributed by atoms with Gasteiger partial charge in [-0.2, -0.15) is 0 Å². The van der Waals surface area contributed by atoms with Gasteiger partial charge in [0, 0.05) is 19.5 Å². The first-order chi connectivity index (χ1) is 3.81. The highest BCUT2D eigenvalue weighted by molar-refractivity contribution is 7.75. The second kappa shape index (κ2) is 4.52. The Morgan fingerprint density at radius 1 is 2.00 bits per heavy atom.